The molecule has 24 heavy (non-hydrogen) atoms. The van der Waals surface area contributed by atoms with Crippen LogP contribution in [0.15, 0.2) is 0 Å². The molecule has 140 valence electrons. The topological polar surface area (TPSA) is 49.0 Å². The number of ether oxygens (including phenoxy) is 2. The van der Waals surface area contributed by atoms with Crippen LogP contribution in [0.1, 0.15) is 25.7 Å². The van der Waals surface area contributed by atoms with Crippen molar-refractivity contribution in [2.75, 3.05) is 78.8 Å². The first-order valence-corrected chi connectivity index (χ1v) is 9.97. The maximum atomic E-state index is 5.30. The molecular formula is C18H36N4O2. The van der Waals surface area contributed by atoms with Gasteiger partial charge in [0.15, 0.2) is 0 Å². The summed E-state index contributed by atoms with van der Waals surface area (Å²) in [6.07, 6.45) is 5.43. The molecule has 4 aliphatic rings. The SMILES string of the molecule is C1CNC(CN2CCOCC2)C1.C1CN[C@H](CN2CCOCC2)C1. The molecule has 0 saturated carbocycles. The smallest absolute Gasteiger partial charge is 0.0594 e. The third kappa shape index (κ3) is 6.58. The second kappa shape index (κ2) is 10.7. The van der Waals surface area contributed by atoms with E-state index < -0.39 is 0 Å². The monoisotopic (exact) mass is 340 g/mol. The number of rotatable bonds is 4. The largest absolute Gasteiger partial charge is 0.379 e. The number of hydrogen-bond donors (Lipinski definition) is 2. The Bertz CT molecular complexity index is 289. The van der Waals surface area contributed by atoms with Crippen molar-refractivity contribution in [3.63, 3.8) is 0 Å². The highest BCUT2D eigenvalue weighted by Gasteiger charge is 2.19. The first kappa shape index (κ1) is 18.5. The molecule has 4 fully saturated rings. The van der Waals surface area contributed by atoms with Gasteiger partial charge in [-0.3, -0.25) is 9.80 Å². The van der Waals surface area contributed by atoms with E-state index in [1.54, 1.807) is 0 Å². The first-order valence-electron chi connectivity index (χ1n) is 9.97. The maximum Gasteiger partial charge on any atom is 0.0594 e. The van der Waals surface area contributed by atoms with E-state index in [1.165, 1.54) is 51.9 Å². The van der Waals surface area contributed by atoms with Gasteiger partial charge in [0.05, 0.1) is 26.4 Å². The summed E-state index contributed by atoms with van der Waals surface area (Å²) in [6, 6.07) is 1.51. The van der Waals surface area contributed by atoms with Crippen LogP contribution in [0.4, 0.5) is 0 Å². The van der Waals surface area contributed by atoms with Crippen LogP contribution in [0.3, 0.4) is 0 Å². The maximum absolute atomic E-state index is 5.30. The molecule has 0 amide bonds. The molecule has 2 N–H and O–H groups in total. The molecule has 0 aromatic heterocycles. The lowest BCUT2D eigenvalue weighted by Crippen LogP contribution is -2.43. The van der Waals surface area contributed by atoms with Crippen molar-refractivity contribution in [1.29, 1.82) is 0 Å². The second-order valence-corrected chi connectivity index (χ2v) is 7.41. The molecule has 0 aromatic rings. The van der Waals surface area contributed by atoms with E-state index >= 15 is 0 Å². The minimum atomic E-state index is 0.753. The Labute approximate surface area is 147 Å². The van der Waals surface area contributed by atoms with Crippen molar-refractivity contribution in [2.24, 2.45) is 0 Å². The van der Waals surface area contributed by atoms with Gasteiger partial charge in [0.2, 0.25) is 0 Å². The van der Waals surface area contributed by atoms with Crippen LogP contribution in [0.2, 0.25) is 0 Å². The van der Waals surface area contributed by atoms with Gasteiger partial charge < -0.3 is 20.1 Å². The predicted molar refractivity (Wildman–Crippen MR) is 96.6 cm³/mol. The van der Waals surface area contributed by atoms with Crippen LogP contribution in [0.5, 0.6) is 0 Å². The van der Waals surface area contributed by atoms with E-state index in [1.807, 2.05) is 0 Å². The zero-order valence-corrected chi connectivity index (χ0v) is 15.2. The zero-order valence-electron chi connectivity index (χ0n) is 15.2. The highest BCUT2D eigenvalue weighted by atomic mass is 16.5. The van der Waals surface area contributed by atoms with E-state index in [4.69, 9.17) is 9.47 Å². The summed E-state index contributed by atoms with van der Waals surface area (Å²) in [7, 11) is 0. The van der Waals surface area contributed by atoms with Crippen LogP contribution < -0.4 is 10.6 Å². The van der Waals surface area contributed by atoms with Gasteiger partial charge in [0.1, 0.15) is 0 Å². The lowest BCUT2D eigenvalue weighted by Gasteiger charge is -2.28. The van der Waals surface area contributed by atoms with Crippen molar-refractivity contribution >= 4 is 0 Å². The van der Waals surface area contributed by atoms with Gasteiger partial charge >= 0.3 is 0 Å². The molecule has 0 aromatic carbocycles. The molecule has 0 bridgehead atoms. The average Bonchev–Trinajstić information content (AvgIpc) is 3.32. The van der Waals surface area contributed by atoms with Crippen LogP contribution in [0, 0.1) is 0 Å². The lowest BCUT2D eigenvalue weighted by molar-refractivity contribution is 0.0344. The molecule has 1 unspecified atom stereocenters. The Morgan fingerprint density at radius 1 is 0.667 bits per heavy atom. The highest BCUT2D eigenvalue weighted by Crippen LogP contribution is 2.08. The Kier molecular flexibility index (Phi) is 8.26. The van der Waals surface area contributed by atoms with Crippen LogP contribution in [-0.4, -0.2) is 101 Å². The third-order valence-corrected chi connectivity index (χ3v) is 5.49. The predicted octanol–water partition coefficient (Wildman–Crippen LogP) is 0.141. The zero-order chi connectivity index (χ0) is 16.5. The van der Waals surface area contributed by atoms with Crippen LogP contribution >= 0.6 is 0 Å². The number of hydrogen-bond acceptors (Lipinski definition) is 6. The summed E-state index contributed by atoms with van der Waals surface area (Å²) in [5.74, 6) is 0. The van der Waals surface area contributed by atoms with Crippen LogP contribution in [0.25, 0.3) is 0 Å². The Balaban J connectivity index is 0.000000141. The van der Waals surface area contributed by atoms with Crippen molar-refractivity contribution in [1.82, 2.24) is 20.4 Å². The molecule has 4 heterocycles. The molecule has 0 aliphatic carbocycles. The molecule has 2 atom stereocenters. The van der Waals surface area contributed by atoms with Gasteiger partial charge in [-0.05, 0) is 38.8 Å². The normalized spacial score (nSPS) is 32.5. The van der Waals surface area contributed by atoms with Crippen LogP contribution in [-0.2, 0) is 9.47 Å². The van der Waals surface area contributed by atoms with Gasteiger partial charge in [-0.2, -0.15) is 0 Å². The minimum absolute atomic E-state index is 0.753. The Morgan fingerprint density at radius 2 is 1.08 bits per heavy atom. The Morgan fingerprint density at radius 3 is 1.42 bits per heavy atom. The quantitative estimate of drug-likeness (QED) is 0.759. The van der Waals surface area contributed by atoms with E-state index in [0.717, 1.165) is 64.7 Å². The Hall–Kier alpha value is -0.240. The molecule has 0 radical (unpaired) electrons. The highest BCUT2D eigenvalue weighted by molar-refractivity contribution is 4.79. The standard InChI is InChI=1S/2C9H18N2O/c2*1-2-9(10-3-1)8-11-4-6-12-7-5-11/h2*9-10H,1-8H2/t9-;/m0./s1. The second-order valence-electron chi connectivity index (χ2n) is 7.41. The third-order valence-electron chi connectivity index (χ3n) is 5.49. The fraction of sp³-hybridized carbons (Fsp3) is 1.00. The molecule has 4 saturated heterocycles. The summed E-state index contributed by atoms with van der Waals surface area (Å²) in [6.45, 7) is 13.1. The molecular weight excluding hydrogens is 304 g/mol. The summed E-state index contributed by atoms with van der Waals surface area (Å²) in [5.41, 5.74) is 0. The van der Waals surface area contributed by atoms with Gasteiger partial charge in [0.25, 0.3) is 0 Å². The van der Waals surface area contributed by atoms with Gasteiger partial charge in [-0.15, -0.1) is 0 Å². The van der Waals surface area contributed by atoms with Crippen molar-refractivity contribution in [2.45, 2.75) is 37.8 Å². The molecule has 0 spiro atoms. The van der Waals surface area contributed by atoms with Gasteiger partial charge in [0, 0.05) is 51.4 Å². The summed E-state index contributed by atoms with van der Waals surface area (Å²) in [5, 5.41) is 7.04. The summed E-state index contributed by atoms with van der Waals surface area (Å²) >= 11 is 0. The summed E-state index contributed by atoms with van der Waals surface area (Å²) in [4.78, 5) is 5.01. The molecule has 4 rings (SSSR count). The summed E-state index contributed by atoms with van der Waals surface area (Å²) < 4.78 is 10.6. The minimum Gasteiger partial charge on any atom is -0.379 e. The average molecular weight is 341 g/mol. The number of nitrogens with one attached hydrogen (secondary N) is 2. The van der Waals surface area contributed by atoms with E-state index in [9.17, 15) is 0 Å². The van der Waals surface area contributed by atoms with Crippen molar-refractivity contribution in [3.8, 4) is 0 Å². The fourth-order valence-electron chi connectivity index (χ4n) is 4.02. The van der Waals surface area contributed by atoms with Gasteiger partial charge in [-0.25, -0.2) is 0 Å². The van der Waals surface area contributed by atoms with E-state index in [2.05, 4.69) is 20.4 Å². The van der Waals surface area contributed by atoms with E-state index in [-0.39, 0.29) is 0 Å². The molecule has 4 aliphatic heterocycles. The van der Waals surface area contributed by atoms with Crippen molar-refractivity contribution in [3.05, 3.63) is 0 Å². The fourth-order valence-corrected chi connectivity index (χ4v) is 4.02. The van der Waals surface area contributed by atoms with Crippen molar-refractivity contribution < 1.29 is 9.47 Å². The first-order chi connectivity index (χ1) is 11.9. The number of nitrogens with zero attached hydrogens (tertiary/aromatic N) is 2. The number of morpholine rings is 2. The van der Waals surface area contributed by atoms with E-state index in [0.29, 0.717) is 0 Å². The van der Waals surface area contributed by atoms with Gasteiger partial charge in [-0.1, -0.05) is 0 Å². The molecule has 6 nitrogen and oxygen atoms in total. The lowest BCUT2D eigenvalue weighted by atomic mass is 10.2. The molecule has 6 heteroatoms.